The highest BCUT2D eigenvalue weighted by Gasteiger charge is 2.39. The topological polar surface area (TPSA) is 95.6 Å². The van der Waals surface area contributed by atoms with Crippen LogP contribution >= 0.6 is 0 Å². The molecule has 1 aliphatic heterocycles. The van der Waals surface area contributed by atoms with Gasteiger partial charge in [-0.3, -0.25) is 4.79 Å². The van der Waals surface area contributed by atoms with Gasteiger partial charge in [0, 0.05) is 31.9 Å². The van der Waals surface area contributed by atoms with Gasteiger partial charge >= 0.3 is 0 Å². The molecular weight excluding hydrogens is 322 g/mol. The van der Waals surface area contributed by atoms with Crippen molar-refractivity contribution in [3.63, 3.8) is 0 Å². The van der Waals surface area contributed by atoms with E-state index in [9.17, 15) is 9.90 Å². The Labute approximate surface area is 146 Å². The maximum Gasteiger partial charge on any atom is 0.259 e. The molecule has 0 aliphatic carbocycles. The van der Waals surface area contributed by atoms with Gasteiger partial charge in [-0.25, -0.2) is 9.97 Å². The monoisotopic (exact) mass is 345 g/mol. The minimum Gasteiger partial charge on any atom is -0.386 e. The van der Waals surface area contributed by atoms with Crippen LogP contribution in [0.25, 0.3) is 0 Å². The summed E-state index contributed by atoms with van der Waals surface area (Å²) in [7, 11) is 1.68. The first-order chi connectivity index (χ1) is 11.8. The lowest BCUT2D eigenvalue weighted by molar-refractivity contribution is 0.0263. The summed E-state index contributed by atoms with van der Waals surface area (Å²) < 4.78 is 5.07. The van der Waals surface area contributed by atoms with Crippen LogP contribution in [-0.2, 0) is 0 Å². The van der Waals surface area contributed by atoms with Gasteiger partial charge in [0.2, 0.25) is 0 Å². The van der Waals surface area contributed by atoms with Gasteiger partial charge in [-0.15, -0.1) is 0 Å². The first-order valence-electron chi connectivity index (χ1n) is 8.23. The van der Waals surface area contributed by atoms with Crippen molar-refractivity contribution in [2.24, 2.45) is 0 Å². The number of likely N-dealkylation sites (N-methyl/N-ethyl adjacent to an activating group) is 1. The molecule has 134 valence electrons. The maximum atomic E-state index is 12.7. The van der Waals surface area contributed by atoms with Gasteiger partial charge < -0.3 is 19.4 Å². The summed E-state index contributed by atoms with van der Waals surface area (Å²) in [5.74, 6) is 1.09. The summed E-state index contributed by atoms with van der Waals surface area (Å²) >= 11 is 0. The Balaban J connectivity index is 1.69. The van der Waals surface area contributed by atoms with Crippen molar-refractivity contribution in [3.8, 4) is 0 Å². The van der Waals surface area contributed by atoms with Gasteiger partial charge in [0.1, 0.15) is 29.1 Å². The molecule has 0 aromatic carbocycles. The number of rotatable bonds is 4. The molecule has 8 heteroatoms. The van der Waals surface area contributed by atoms with Crippen molar-refractivity contribution < 1.29 is 14.4 Å². The number of β-amino-alcohol motifs (C(OH)–C–C–N with tert-alkyl or cyclic N) is 1. The summed E-state index contributed by atoms with van der Waals surface area (Å²) in [5, 5.41) is 14.8. The number of carbonyl (C=O) groups is 1. The molecule has 0 unspecified atom stereocenters. The molecule has 0 bridgehead atoms. The molecule has 1 saturated heterocycles. The summed E-state index contributed by atoms with van der Waals surface area (Å²) in [4.78, 5) is 24.6. The standard InChI is InChI=1S/C17H23N5O3/c1-11-7-14(19-10-18-11)22-6-5-17(24,9-22)8-21(4)16(23)15-12(2)20-25-13(15)3/h7,10,24H,5-6,8-9H2,1-4H3/t17-/m1/s1. The number of aliphatic hydroxyl groups is 1. The number of nitrogens with zero attached hydrogens (tertiary/aromatic N) is 5. The SMILES string of the molecule is Cc1cc(N2CC[C@@](O)(CN(C)C(=O)c3c(C)noc3C)C2)ncn1. The quantitative estimate of drug-likeness (QED) is 0.886. The third kappa shape index (κ3) is 3.48. The van der Waals surface area contributed by atoms with Crippen molar-refractivity contribution in [2.75, 3.05) is 31.6 Å². The van der Waals surface area contributed by atoms with Crippen molar-refractivity contribution in [2.45, 2.75) is 32.8 Å². The highest BCUT2D eigenvalue weighted by molar-refractivity contribution is 5.96. The van der Waals surface area contributed by atoms with Crippen LogP contribution in [0.2, 0.25) is 0 Å². The molecule has 1 atom stereocenters. The van der Waals surface area contributed by atoms with Crippen LogP contribution in [0.1, 0.15) is 33.9 Å². The summed E-state index contributed by atoms with van der Waals surface area (Å²) in [6.07, 6.45) is 2.09. The highest BCUT2D eigenvalue weighted by Crippen LogP contribution is 2.27. The van der Waals surface area contributed by atoms with E-state index in [0.717, 1.165) is 11.5 Å². The molecule has 0 radical (unpaired) electrons. The van der Waals surface area contributed by atoms with E-state index in [2.05, 4.69) is 15.1 Å². The van der Waals surface area contributed by atoms with Crippen LogP contribution in [0.4, 0.5) is 5.82 Å². The Morgan fingerprint density at radius 3 is 2.80 bits per heavy atom. The number of anilines is 1. The second-order valence-electron chi connectivity index (χ2n) is 6.77. The Kier molecular flexibility index (Phi) is 4.47. The molecule has 1 fully saturated rings. The second-order valence-corrected chi connectivity index (χ2v) is 6.77. The Hall–Kier alpha value is -2.48. The van der Waals surface area contributed by atoms with Gasteiger partial charge in [-0.1, -0.05) is 5.16 Å². The summed E-state index contributed by atoms with van der Waals surface area (Å²) in [6, 6.07) is 1.89. The van der Waals surface area contributed by atoms with Crippen LogP contribution in [0.15, 0.2) is 16.9 Å². The molecule has 1 N–H and O–H groups in total. The lowest BCUT2D eigenvalue weighted by Gasteiger charge is -2.29. The predicted molar refractivity (Wildman–Crippen MR) is 91.5 cm³/mol. The van der Waals surface area contributed by atoms with E-state index in [0.29, 0.717) is 36.5 Å². The normalized spacial score (nSPS) is 20.1. The van der Waals surface area contributed by atoms with Gasteiger partial charge in [0.15, 0.2) is 0 Å². The van der Waals surface area contributed by atoms with Gasteiger partial charge in [0.05, 0.1) is 12.2 Å². The fraction of sp³-hybridized carbons (Fsp3) is 0.529. The van der Waals surface area contributed by atoms with E-state index in [1.165, 1.54) is 11.2 Å². The molecule has 25 heavy (non-hydrogen) atoms. The lowest BCUT2D eigenvalue weighted by atomic mass is 10.0. The Morgan fingerprint density at radius 2 is 2.16 bits per heavy atom. The number of hydrogen-bond donors (Lipinski definition) is 1. The van der Waals surface area contributed by atoms with Crippen LogP contribution in [0, 0.1) is 20.8 Å². The number of carbonyl (C=O) groups excluding carboxylic acids is 1. The zero-order chi connectivity index (χ0) is 18.2. The fourth-order valence-corrected chi connectivity index (χ4v) is 3.29. The molecule has 2 aromatic rings. The number of amides is 1. The van der Waals surface area contributed by atoms with Crippen molar-refractivity contribution in [3.05, 3.63) is 35.1 Å². The summed E-state index contributed by atoms with van der Waals surface area (Å²) in [5.41, 5.74) is 0.923. The molecule has 3 rings (SSSR count). The predicted octanol–water partition coefficient (Wildman–Crippen LogP) is 1.10. The zero-order valence-electron chi connectivity index (χ0n) is 15.0. The van der Waals surface area contributed by atoms with Crippen LogP contribution < -0.4 is 4.90 Å². The number of aryl methyl sites for hydroxylation is 3. The third-order valence-electron chi connectivity index (χ3n) is 4.57. The molecular formula is C17H23N5O3. The van der Waals surface area contributed by atoms with Crippen LogP contribution in [0.5, 0.6) is 0 Å². The third-order valence-corrected chi connectivity index (χ3v) is 4.57. The lowest BCUT2D eigenvalue weighted by Crippen LogP contribution is -2.46. The summed E-state index contributed by atoms with van der Waals surface area (Å²) in [6.45, 7) is 6.69. The fourth-order valence-electron chi connectivity index (χ4n) is 3.29. The van der Waals surface area contributed by atoms with E-state index in [1.807, 2.05) is 17.9 Å². The molecule has 0 spiro atoms. The molecule has 1 amide bonds. The average Bonchev–Trinajstić information content (AvgIpc) is 3.10. The van der Waals surface area contributed by atoms with Crippen LogP contribution in [-0.4, -0.2) is 63.3 Å². The highest BCUT2D eigenvalue weighted by atomic mass is 16.5. The van der Waals surface area contributed by atoms with Crippen molar-refractivity contribution in [1.29, 1.82) is 0 Å². The van der Waals surface area contributed by atoms with E-state index >= 15 is 0 Å². The molecule has 3 heterocycles. The minimum atomic E-state index is -0.984. The molecule has 8 nitrogen and oxygen atoms in total. The van der Waals surface area contributed by atoms with E-state index in [1.54, 1.807) is 20.9 Å². The Bertz CT molecular complexity index is 771. The van der Waals surface area contributed by atoms with E-state index in [4.69, 9.17) is 4.52 Å². The maximum absolute atomic E-state index is 12.7. The number of hydrogen-bond acceptors (Lipinski definition) is 7. The average molecular weight is 345 g/mol. The second kappa shape index (κ2) is 6.44. The van der Waals surface area contributed by atoms with Gasteiger partial charge in [-0.2, -0.15) is 0 Å². The Morgan fingerprint density at radius 1 is 1.40 bits per heavy atom. The van der Waals surface area contributed by atoms with Crippen LogP contribution in [0.3, 0.4) is 0 Å². The van der Waals surface area contributed by atoms with E-state index < -0.39 is 5.60 Å². The molecule has 1 aliphatic rings. The largest absolute Gasteiger partial charge is 0.386 e. The number of aromatic nitrogens is 3. The van der Waals surface area contributed by atoms with Gasteiger partial charge in [-0.05, 0) is 27.2 Å². The van der Waals surface area contributed by atoms with Crippen molar-refractivity contribution in [1.82, 2.24) is 20.0 Å². The zero-order valence-corrected chi connectivity index (χ0v) is 15.0. The molecule has 2 aromatic heterocycles. The smallest absolute Gasteiger partial charge is 0.259 e. The first-order valence-corrected chi connectivity index (χ1v) is 8.23. The minimum absolute atomic E-state index is 0.194. The van der Waals surface area contributed by atoms with E-state index in [-0.39, 0.29) is 12.5 Å². The molecule has 0 saturated carbocycles. The van der Waals surface area contributed by atoms with Gasteiger partial charge in [0.25, 0.3) is 5.91 Å². The van der Waals surface area contributed by atoms with Crippen molar-refractivity contribution >= 4 is 11.7 Å². The first kappa shape index (κ1) is 17.3.